The number of hydrogen-bond acceptors (Lipinski definition) is 3. The summed E-state index contributed by atoms with van der Waals surface area (Å²) in [6.45, 7) is 4.93. The zero-order valence-electron chi connectivity index (χ0n) is 12.5. The molecule has 0 unspecified atom stereocenters. The van der Waals surface area contributed by atoms with Gasteiger partial charge in [-0.2, -0.15) is 0 Å². The van der Waals surface area contributed by atoms with Crippen molar-refractivity contribution in [3.8, 4) is 0 Å². The van der Waals surface area contributed by atoms with E-state index in [0.29, 0.717) is 12.8 Å². The molecule has 0 saturated carbocycles. The molecule has 1 saturated heterocycles. The van der Waals surface area contributed by atoms with Crippen molar-refractivity contribution in [2.75, 3.05) is 31.1 Å². The van der Waals surface area contributed by atoms with Crippen molar-refractivity contribution in [1.29, 1.82) is 0 Å². The van der Waals surface area contributed by atoms with Crippen molar-refractivity contribution >= 4 is 17.5 Å². The zero-order valence-corrected chi connectivity index (χ0v) is 12.5. The Bertz CT molecular complexity index is 482. The number of benzene rings is 1. The van der Waals surface area contributed by atoms with E-state index in [9.17, 15) is 9.59 Å². The maximum Gasteiger partial charge on any atom is 0.222 e. The molecule has 0 spiro atoms. The number of para-hydroxylation sites is 1. The normalized spacial score (nSPS) is 16.6. The molecule has 1 atom stereocenters. The van der Waals surface area contributed by atoms with Crippen LogP contribution in [0.25, 0.3) is 0 Å². The van der Waals surface area contributed by atoms with E-state index < -0.39 is 0 Å². The summed E-state index contributed by atoms with van der Waals surface area (Å²) in [5.41, 5.74) is 6.41. The average Bonchev–Trinajstić information content (AvgIpc) is 2.53. The van der Waals surface area contributed by atoms with Crippen LogP contribution in [0.3, 0.4) is 0 Å². The van der Waals surface area contributed by atoms with Gasteiger partial charge in [-0.1, -0.05) is 25.1 Å². The number of rotatable bonds is 5. The summed E-state index contributed by atoms with van der Waals surface area (Å²) in [5, 5.41) is 0. The number of carbonyl (C=O) groups excluding carboxylic acids is 2. The van der Waals surface area contributed by atoms with Crippen LogP contribution >= 0.6 is 0 Å². The third kappa shape index (κ3) is 4.21. The number of nitrogens with two attached hydrogens (primary N) is 1. The van der Waals surface area contributed by atoms with Crippen molar-refractivity contribution in [2.45, 2.75) is 19.8 Å². The lowest BCUT2D eigenvalue weighted by molar-refractivity contribution is -0.132. The van der Waals surface area contributed by atoms with Crippen molar-refractivity contribution < 1.29 is 9.59 Å². The summed E-state index contributed by atoms with van der Waals surface area (Å²) in [6, 6.07) is 10.2. The van der Waals surface area contributed by atoms with Gasteiger partial charge in [-0.3, -0.25) is 9.59 Å². The number of primary amides is 1. The molecule has 114 valence electrons. The van der Waals surface area contributed by atoms with E-state index in [2.05, 4.69) is 17.0 Å². The molecule has 1 heterocycles. The maximum atomic E-state index is 12.1. The summed E-state index contributed by atoms with van der Waals surface area (Å²) in [5.74, 6) is -0.452. The van der Waals surface area contributed by atoms with Gasteiger partial charge < -0.3 is 15.5 Å². The maximum absolute atomic E-state index is 12.1. The minimum atomic E-state index is -0.336. The highest BCUT2D eigenvalue weighted by Gasteiger charge is 2.22. The highest BCUT2D eigenvalue weighted by Crippen LogP contribution is 2.16. The Balaban J connectivity index is 1.78. The molecule has 2 rings (SSSR count). The smallest absolute Gasteiger partial charge is 0.222 e. The SMILES string of the molecule is C[C@@H](CCC(=O)N1CCN(c2ccccc2)CC1)C(N)=O. The van der Waals surface area contributed by atoms with E-state index in [-0.39, 0.29) is 17.7 Å². The number of piperazine rings is 1. The fourth-order valence-electron chi connectivity index (χ4n) is 2.49. The fourth-order valence-corrected chi connectivity index (χ4v) is 2.49. The molecule has 0 aromatic heterocycles. The minimum Gasteiger partial charge on any atom is -0.369 e. The van der Waals surface area contributed by atoms with Gasteiger partial charge in [0.2, 0.25) is 11.8 Å². The van der Waals surface area contributed by atoms with E-state index in [4.69, 9.17) is 5.73 Å². The van der Waals surface area contributed by atoms with Gasteiger partial charge in [0.25, 0.3) is 0 Å². The summed E-state index contributed by atoms with van der Waals surface area (Å²) in [6.07, 6.45) is 0.933. The lowest BCUT2D eigenvalue weighted by Crippen LogP contribution is -2.48. The van der Waals surface area contributed by atoms with E-state index >= 15 is 0 Å². The Morgan fingerprint density at radius 2 is 1.76 bits per heavy atom. The summed E-state index contributed by atoms with van der Waals surface area (Å²) in [4.78, 5) is 27.3. The van der Waals surface area contributed by atoms with Gasteiger partial charge in [0.15, 0.2) is 0 Å². The summed E-state index contributed by atoms with van der Waals surface area (Å²) >= 11 is 0. The van der Waals surface area contributed by atoms with Gasteiger partial charge in [-0.25, -0.2) is 0 Å². The van der Waals surface area contributed by atoms with Crippen LogP contribution in [0.15, 0.2) is 30.3 Å². The predicted molar refractivity (Wildman–Crippen MR) is 82.8 cm³/mol. The molecule has 1 aliphatic rings. The Labute approximate surface area is 125 Å². The molecule has 0 radical (unpaired) electrons. The predicted octanol–water partition coefficient (Wildman–Crippen LogP) is 1.24. The van der Waals surface area contributed by atoms with Crippen molar-refractivity contribution in [2.24, 2.45) is 11.7 Å². The van der Waals surface area contributed by atoms with Crippen molar-refractivity contribution in [3.63, 3.8) is 0 Å². The molecule has 1 aromatic carbocycles. The Kier molecular flexibility index (Phi) is 5.20. The second-order valence-corrected chi connectivity index (χ2v) is 5.55. The van der Waals surface area contributed by atoms with Crippen LogP contribution < -0.4 is 10.6 Å². The highest BCUT2D eigenvalue weighted by atomic mass is 16.2. The van der Waals surface area contributed by atoms with E-state index in [0.717, 1.165) is 26.2 Å². The van der Waals surface area contributed by atoms with Gasteiger partial charge in [0.1, 0.15) is 0 Å². The third-order valence-corrected chi connectivity index (χ3v) is 4.03. The van der Waals surface area contributed by atoms with Crippen LogP contribution in [0.2, 0.25) is 0 Å². The molecule has 5 heteroatoms. The largest absolute Gasteiger partial charge is 0.369 e. The third-order valence-electron chi connectivity index (χ3n) is 4.03. The lowest BCUT2D eigenvalue weighted by atomic mass is 10.0. The first-order valence-corrected chi connectivity index (χ1v) is 7.45. The van der Waals surface area contributed by atoms with Crippen LogP contribution in [0.5, 0.6) is 0 Å². The second kappa shape index (κ2) is 7.11. The molecule has 1 aromatic rings. The van der Waals surface area contributed by atoms with Crippen LogP contribution in [0.1, 0.15) is 19.8 Å². The van der Waals surface area contributed by atoms with E-state index in [1.807, 2.05) is 23.1 Å². The standard InChI is InChI=1S/C16H23N3O2/c1-13(16(17)21)7-8-15(20)19-11-9-18(10-12-19)14-5-3-2-4-6-14/h2-6,13H,7-12H2,1H3,(H2,17,21)/t13-/m0/s1. The second-order valence-electron chi connectivity index (χ2n) is 5.55. The number of hydrogen-bond donors (Lipinski definition) is 1. The number of carbonyl (C=O) groups is 2. The lowest BCUT2D eigenvalue weighted by Gasteiger charge is -2.36. The van der Waals surface area contributed by atoms with Crippen LogP contribution in [-0.2, 0) is 9.59 Å². The fraction of sp³-hybridized carbons (Fsp3) is 0.500. The Hall–Kier alpha value is -2.04. The minimum absolute atomic E-state index is 0.121. The summed E-state index contributed by atoms with van der Waals surface area (Å²) < 4.78 is 0. The molecule has 1 fully saturated rings. The van der Waals surface area contributed by atoms with Gasteiger partial charge in [0, 0.05) is 44.2 Å². The monoisotopic (exact) mass is 289 g/mol. The molecule has 0 bridgehead atoms. The molecular weight excluding hydrogens is 266 g/mol. The molecule has 2 amide bonds. The summed E-state index contributed by atoms with van der Waals surface area (Å²) in [7, 11) is 0. The Morgan fingerprint density at radius 1 is 1.14 bits per heavy atom. The van der Waals surface area contributed by atoms with Crippen LogP contribution in [-0.4, -0.2) is 42.9 Å². The molecule has 0 aliphatic carbocycles. The first-order valence-electron chi connectivity index (χ1n) is 7.45. The van der Waals surface area contributed by atoms with Gasteiger partial charge in [-0.15, -0.1) is 0 Å². The number of anilines is 1. The first kappa shape index (κ1) is 15.4. The van der Waals surface area contributed by atoms with Crippen molar-refractivity contribution in [3.05, 3.63) is 30.3 Å². The molecule has 1 aliphatic heterocycles. The van der Waals surface area contributed by atoms with Gasteiger partial charge in [0.05, 0.1) is 0 Å². The quantitative estimate of drug-likeness (QED) is 0.886. The molecular formula is C16H23N3O2. The topological polar surface area (TPSA) is 66.6 Å². The first-order chi connectivity index (χ1) is 10.1. The van der Waals surface area contributed by atoms with Crippen molar-refractivity contribution in [1.82, 2.24) is 4.90 Å². The molecule has 2 N–H and O–H groups in total. The highest BCUT2D eigenvalue weighted by molar-refractivity contribution is 5.79. The average molecular weight is 289 g/mol. The van der Waals surface area contributed by atoms with E-state index in [1.165, 1.54) is 5.69 Å². The van der Waals surface area contributed by atoms with Gasteiger partial charge in [-0.05, 0) is 18.6 Å². The van der Waals surface area contributed by atoms with Gasteiger partial charge >= 0.3 is 0 Å². The number of nitrogens with zero attached hydrogens (tertiary/aromatic N) is 2. The number of amides is 2. The van der Waals surface area contributed by atoms with Crippen LogP contribution in [0.4, 0.5) is 5.69 Å². The molecule has 5 nitrogen and oxygen atoms in total. The van der Waals surface area contributed by atoms with Crippen LogP contribution in [0, 0.1) is 5.92 Å². The van der Waals surface area contributed by atoms with E-state index in [1.54, 1.807) is 6.92 Å². The Morgan fingerprint density at radius 3 is 2.33 bits per heavy atom. The zero-order chi connectivity index (χ0) is 15.2. The molecule has 21 heavy (non-hydrogen) atoms.